The van der Waals surface area contributed by atoms with Crippen molar-refractivity contribution in [1.29, 1.82) is 0 Å². The van der Waals surface area contributed by atoms with Crippen LogP contribution in [0.4, 0.5) is 10.1 Å². The molecule has 2 heterocycles. The van der Waals surface area contributed by atoms with Crippen LogP contribution in [0.5, 0.6) is 0 Å². The molecule has 1 atom stereocenters. The zero-order chi connectivity index (χ0) is 20.4. The number of carbonyl (C=O) groups excluding carboxylic acids is 2. The normalized spacial score (nSPS) is 16.1. The summed E-state index contributed by atoms with van der Waals surface area (Å²) in [4.78, 5) is 29.1. The van der Waals surface area contributed by atoms with Gasteiger partial charge in [-0.2, -0.15) is 0 Å². The van der Waals surface area contributed by atoms with E-state index in [1.54, 1.807) is 23.2 Å². The van der Waals surface area contributed by atoms with Gasteiger partial charge in [0.25, 0.3) is 0 Å². The summed E-state index contributed by atoms with van der Waals surface area (Å²) < 4.78 is 14.1. The Kier molecular flexibility index (Phi) is 5.38. The summed E-state index contributed by atoms with van der Waals surface area (Å²) in [6, 6.07) is 14.0. The first kappa shape index (κ1) is 19.2. The van der Waals surface area contributed by atoms with Crippen molar-refractivity contribution >= 4 is 43.4 Å². The molecule has 0 aliphatic carbocycles. The minimum absolute atomic E-state index is 0.136. The van der Waals surface area contributed by atoms with Gasteiger partial charge < -0.3 is 0 Å². The van der Waals surface area contributed by atoms with Crippen molar-refractivity contribution in [3.05, 3.63) is 76.8 Å². The van der Waals surface area contributed by atoms with Crippen LogP contribution in [0.25, 0.3) is 10.9 Å². The van der Waals surface area contributed by atoms with E-state index in [1.165, 1.54) is 12.1 Å². The third-order valence-corrected chi connectivity index (χ3v) is 7.05. The van der Waals surface area contributed by atoms with Crippen LogP contribution in [0.2, 0.25) is 0 Å². The Balaban J connectivity index is 1.45. The standard InChI is InChI=1S/C21H19FN4O2Se/c22-14-4-3-5-15(10-14)26-12-18(20(23)28)29-21(26)25-19(27)9-8-13-11-24-17-7-2-1-6-16(13)17/h1-7,10-12,21,24H,8-9H2,(H2,23,28)(H,25,27). The second-order valence-corrected chi connectivity index (χ2v) is 9.00. The molecular weight excluding hydrogens is 438 g/mol. The molecule has 0 saturated carbocycles. The van der Waals surface area contributed by atoms with Gasteiger partial charge in [0.1, 0.15) is 0 Å². The van der Waals surface area contributed by atoms with Crippen LogP contribution in [0.1, 0.15) is 12.0 Å². The number of hydrogen-bond acceptors (Lipinski definition) is 3. The van der Waals surface area contributed by atoms with E-state index in [0.717, 1.165) is 16.5 Å². The van der Waals surface area contributed by atoms with E-state index in [1.807, 2.05) is 30.5 Å². The number of H-pyrrole nitrogens is 1. The molecule has 1 aliphatic rings. The average molecular weight is 457 g/mol. The number of anilines is 1. The molecule has 0 spiro atoms. The van der Waals surface area contributed by atoms with Crippen LogP contribution in [0.3, 0.4) is 0 Å². The van der Waals surface area contributed by atoms with Crippen molar-refractivity contribution in [2.75, 3.05) is 4.90 Å². The van der Waals surface area contributed by atoms with Gasteiger partial charge in [0.15, 0.2) is 0 Å². The Morgan fingerprint density at radius 1 is 1.21 bits per heavy atom. The molecule has 29 heavy (non-hydrogen) atoms. The molecule has 1 aliphatic heterocycles. The zero-order valence-electron chi connectivity index (χ0n) is 15.4. The molecule has 6 nitrogen and oxygen atoms in total. The van der Waals surface area contributed by atoms with Gasteiger partial charge in [-0.3, -0.25) is 0 Å². The van der Waals surface area contributed by atoms with Gasteiger partial charge >= 0.3 is 173 Å². The van der Waals surface area contributed by atoms with E-state index in [9.17, 15) is 14.0 Å². The summed E-state index contributed by atoms with van der Waals surface area (Å²) in [6.07, 6.45) is 4.41. The first-order valence-corrected chi connectivity index (χ1v) is 10.9. The first-order chi connectivity index (χ1) is 14.0. The molecule has 148 valence electrons. The molecule has 0 fully saturated rings. The summed E-state index contributed by atoms with van der Waals surface area (Å²) in [5.41, 5.74) is 8.10. The molecule has 4 N–H and O–H groups in total. The second-order valence-electron chi connectivity index (χ2n) is 6.64. The number of primary amides is 1. The van der Waals surface area contributed by atoms with E-state index in [-0.39, 0.29) is 26.7 Å². The van der Waals surface area contributed by atoms with Gasteiger partial charge in [-0.05, 0) is 0 Å². The Labute approximate surface area is 173 Å². The average Bonchev–Trinajstić information content (AvgIpc) is 3.31. The van der Waals surface area contributed by atoms with E-state index in [2.05, 4.69) is 10.3 Å². The molecule has 0 saturated heterocycles. The third kappa shape index (κ3) is 4.18. The van der Waals surface area contributed by atoms with Gasteiger partial charge in [0.05, 0.1) is 0 Å². The van der Waals surface area contributed by atoms with E-state index >= 15 is 0 Å². The number of nitrogens with two attached hydrogens (primary N) is 1. The SMILES string of the molecule is NC(=O)C1=CN(c2cccc(F)c2)C(NC(=O)CCc2c[nH]c3ccccc23)[Se]1. The molecule has 8 heteroatoms. The molecular formula is C21H19FN4O2Se. The monoisotopic (exact) mass is 458 g/mol. The molecule has 3 aromatic rings. The van der Waals surface area contributed by atoms with Crippen molar-refractivity contribution < 1.29 is 14.0 Å². The van der Waals surface area contributed by atoms with Crippen LogP contribution in [0, 0.1) is 5.82 Å². The topological polar surface area (TPSA) is 91.2 Å². The number of fused-ring (bicyclic) bond motifs is 1. The predicted octanol–water partition coefficient (Wildman–Crippen LogP) is 2.19. The number of carbonyl (C=O) groups is 2. The maximum absolute atomic E-state index is 13.6. The number of rotatable bonds is 6. The fraction of sp³-hybridized carbons (Fsp3) is 0.143. The number of amides is 2. The molecule has 0 bridgehead atoms. The van der Waals surface area contributed by atoms with Gasteiger partial charge in [0, 0.05) is 0 Å². The quantitative estimate of drug-likeness (QED) is 0.496. The van der Waals surface area contributed by atoms with Crippen LogP contribution >= 0.6 is 0 Å². The second kappa shape index (κ2) is 8.11. The third-order valence-electron chi connectivity index (χ3n) is 4.68. The summed E-state index contributed by atoms with van der Waals surface area (Å²) in [5.74, 6) is -1.05. The number of nitrogens with one attached hydrogen (secondary N) is 2. The molecule has 1 aromatic heterocycles. The number of halogens is 1. The first-order valence-electron chi connectivity index (χ1n) is 9.08. The van der Waals surface area contributed by atoms with Crippen LogP contribution in [0.15, 0.2) is 65.4 Å². The molecule has 2 amide bonds. The van der Waals surface area contributed by atoms with E-state index in [0.29, 0.717) is 23.0 Å². The number of para-hydroxylation sites is 1. The van der Waals surface area contributed by atoms with Crippen molar-refractivity contribution in [3.63, 3.8) is 0 Å². The maximum atomic E-state index is 13.6. The number of benzene rings is 2. The van der Waals surface area contributed by atoms with Gasteiger partial charge in [0.2, 0.25) is 0 Å². The number of nitrogens with zero attached hydrogens (tertiary/aromatic N) is 1. The molecule has 0 radical (unpaired) electrons. The zero-order valence-corrected chi connectivity index (χ0v) is 17.1. The molecule has 4 rings (SSSR count). The summed E-state index contributed by atoms with van der Waals surface area (Å²) >= 11 is -0.380. The van der Waals surface area contributed by atoms with Crippen molar-refractivity contribution in [2.24, 2.45) is 5.73 Å². The molecule has 1 unspecified atom stereocenters. The Hall–Kier alpha value is -3.09. The Morgan fingerprint density at radius 3 is 2.83 bits per heavy atom. The van der Waals surface area contributed by atoms with Crippen molar-refractivity contribution in [1.82, 2.24) is 10.3 Å². The van der Waals surface area contributed by atoms with Crippen LogP contribution < -0.4 is 16.0 Å². The van der Waals surface area contributed by atoms with Crippen molar-refractivity contribution in [3.8, 4) is 0 Å². The van der Waals surface area contributed by atoms with E-state index in [4.69, 9.17) is 5.73 Å². The summed E-state index contributed by atoms with van der Waals surface area (Å²) in [6.45, 7) is 0. The number of aryl methyl sites for hydroxylation is 1. The van der Waals surface area contributed by atoms with Gasteiger partial charge in [-0.25, -0.2) is 0 Å². The van der Waals surface area contributed by atoms with E-state index < -0.39 is 11.0 Å². The van der Waals surface area contributed by atoms with Gasteiger partial charge in [-0.15, -0.1) is 0 Å². The Morgan fingerprint density at radius 2 is 2.03 bits per heavy atom. The minimum atomic E-state index is -0.526. The number of aromatic nitrogens is 1. The van der Waals surface area contributed by atoms with Crippen LogP contribution in [-0.2, 0) is 16.0 Å². The fourth-order valence-electron chi connectivity index (χ4n) is 3.27. The van der Waals surface area contributed by atoms with Gasteiger partial charge in [-0.1, -0.05) is 0 Å². The molecule has 2 aromatic carbocycles. The summed E-state index contributed by atoms with van der Waals surface area (Å²) in [5, 5.41) is 3.64. The Bertz CT molecular complexity index is 1110. The number of aromatic amines is 1. The van der Waals surface area contributed by atoms with Crippen molar-refractivity contribution in [2.45, 2.75) is 17.9 Å². The summed E-state index contributed by atoms with van der Waals surface area (Å²) in [7, 11) is 0. The number of hydrogen-bond donors (Lipinski definition) is 3. The fourth-order valence-corrected chi connectivity index (χ4v) is 5.40. The predicted molar refractivity (Wildman–Crippen MR) is 110 cm³/mol. The van der Waals surface area contributed by atoms with Crippen LogP contribution in [-0.4, -0.2) is 36.8 Å².